The molecule has 0 bridgehead atoms. The molecule has 1 aromatic heterocycles. The smallest absolute Gasteiger partial charge is 0.0705 e. The fraction of sp³-hybridized carbons (Fsp3) is 0.438. The van der Waals surface area contributed by atoms with Crippen molar-refractivity contribution in [1.29, 1.82) is 0 Å². The fourth-order valence-corrected chi connectivity index (χ4v) is 2.01. The predicted molar refractivity (Wildman–Crippen MR) is 77.6 cm³/mol. The van der Waals surface area contributed by atoms with Gasteiger partial charge in [0, 0.05) is 17.6 Å². The Morgan fingerprint density at radius 1 is 1.17 bits per heavy atom. The third-order valence-electron chi connectivity index (χ3n) is 3.12. The molecule has 1 N–H and O–H groups in total. The Morgan fingerprint density at radius 2 is 2.00 bits per heavy atom. The number of hydrogen-bond donors (Lipinski definition) is 1. The molecule has 0 amide bonds. The molecule has 0 aliphatic carbocycles. The van der Waals surface area contributed by atoms with Crippen molar-refractivity contribution >= 4 is 10.9 Å². The number of aryl methyl sites for hydroxylation is 1. The molecule has 0 radical (unpaired) electrons. The van der Waals surface area contributed by atoms with Gasteiger partial charge < -0.3 is 5.32 Å². The lowest BCUT2D eigenvalue weighted by molar-refractivity contribution is 0.537. The van der Waals surface area contributed by atoms with Gasteiger partial charge in [0.1, 0.15) is 0 Å². The molecule has 0 saturated heterocycles. The lowest BCUT2D eigenvalue weighted by Gasteiger charge is -2.08. The van der Waals surface area contributed by atoms with Crippen LogP contribution in [0.3, 0.4) is 0 Å². The molecule has 1 heterocycles. The van der Waals surface area contributed by atoms with E-state index in [2.05, 4.69) is 54.5 Å². The monoisotopic (exact) mass is 242 g/mol. The maximum absolute atomic E-state index is 4.52. The van der Waals surface area contributed by atoms with Gasteiger partial charge in [0.25, 0.3) is 0 Å². The molecule has 2 heteroatoms. The highest BCUT2D eigenvalue weighted by atomic mass is 14.8. The zero-order valence-corrected chi connectivity index (χ0v) is 11.5. The lowest BCUT2D eigenvalue weighted by atomic mass is 10.1. The van der Waals surface area contributed by atoms with Crippen molar-refractivity contribution in [2.75, 3.05) is 6.54 Å². The quantitative estimate of drug-likeness (QED) is 0.809. The van der Waals surface area contributed by atoms with Gasteiger partial charge in [-0.2, -0.15) is 0 Å². The Balaban J connectivity index is 1.99. The first-order valence-corrected chi connectivity index (χ1v) is 6.72. The fourth-order valence-electron chi connectivity index (χ4n) is 2.01. The van der Waals surface area contributed by atoms with Crippen LogP contribution in [-0.4, -0.2) is 11.5 Å². The molecule has 2 rings (SSSR count). The van der Waals surface area contributed by atoms with Gasteiger partial charge in [-0.3, -0.25) is 4.98 Å². The zero-order chi connectivity index (χ0) is 13.0. The summed E-state index contributed by atoms with van der Waals surface area (Å²) in [6, 6.07) is 10.7. The van der Waals surface area contributed by atoms with Crippen LogP contribution in [-0.2, 0) is 6.54 Å². The van der Waals surface area contributed by atoms with Crippen molar-refractivity contribution < 1.29 is 0 Å². The number of aromatic nitrogens is 1. The molecule has 18 heavy (non-hydrogen) atoms. The Labute approximate surface area is 109 Å². The maximum Gasteiger partial charge on any atom is 0.0705 e. The molecule has 2 nitrogen and oxygen atoms in total. The minimum absolute atomic E-state index is 0.765. The molecule has 0 atom stereocenters. The molecule has 2 aromatic rings. The van der Waals surface area contributed by atoms with E-state index in [1.165, 1.54) is 17.4 Å². The average Bonchev–Trinajstić information content (AvgIpc) is 2.34. The summed E-state index contributed by atoms with van der Waals surface area (Å²) in [6.45, 7) is 8.57. The maximum atomic E-state index is 4.52. The summed E-state index contributed by atoms with van der Waals surface area (Å²) < 4.78 is 0. The van der Waals surface area contributed by atoms with E-state index in [1.807, 2.05) is 6.92 Å². The van der Waals surface area contributed by atoms with E-state index in [1.54, 1.807) is 0 Å². The van der Waals surface area contributed by atoms with Crippen LogP contribution >= 0.6 is 0 Å². The van der Waals surface area contributed by atoms with Crippen molar-refractivity contribution in [3.05, 3.63) is 41.6 Å². The van der Waals surface area contributed by atoms with Crippen LogP contribution in [0.2, 0.25) is 0 Å². The van der Waals surface area contributed by atoms with Crippen LogP contribution in [0.25, 0.3) is 10.9 Å². The molecule has 0 spiro atoms. The number of hydrogen-bond acceptors (Lipinski definition) is 2. The third-order valence-corrected chi connectivity index (χ3v) is 3.12. The molecular formula is C16H22N2. The van der Waals surface area contributed by atoms with Gasteiger partial charge in [-0.15, -0.1) is 0 Å². The summed E-state index contributed by atoms with van der Waals surface area (Å²) >= 11 is 0. The summed E-state index contributed by atoms with van der Waals surface area (Å²) in [5.74, 6) is 0.765. The van der Waals surface area contributed by atoms with Crippen LogP contribution in [0, 0.1) is 12.8 Å². The van der Waals surface area contributed by atoms with Gasteiger partial charge in [0.15, 0.2) is 0 Å². The largest absolute Gasteiger partial charge is 0.313 e. The molecule has 0 aliphatic rings. The Hall–Kier alpha value is -1.41. The number of pyridine rings is 1. The first-order valence-electron chi connectivity index (χ1n) is 6.72. The molecule has 1 aromatic carbocycles. The van der Waals surface area contributed by atoms with Crippen LogP contribution in [0.5, 0.6) is 0 Å². The summed E-state index contributed by atoms with van der Waals surface area (Å²) in [7, 11) is 0. The van der Waals surface area contributed by atoms with Crippen molar-refractivity contribution in [1.82, 2.24) is 10.3 Å². The molecule has 96 valence electrons. The van der Waals surface area contributed by atoms with E-state index in [0.29, 0.717) is 0 Å². The second-order valence-corrected chi connectivity index (χ2v) is 5.34. The van der Waals surface area contributed by atoms with E-state index in [9.17, 15) is 0 Å². The first-order chi connectivity index (χ1) is 8.65. The Morgan fingerprint density at radius 3 is 2.78 bits per heavy atom. The van der Waals surface area contributed by atoms with E-state index in [-0.39, 0.29) is 0 Å². The van der Waals surface area contributed by atoms with Crippen molar-refractivity contribution in [3.8, 4) is 0 Å². The standard InChI is InChI=1S/C16H22N2/c1-12(2)8-9-17-11-14-5-7-16-15(10-14)6-4-13(3)18-16/h4-7,10,12,17H,8-9,11H2,1-3H3. The topological polar surface area (TPSA) is 24.9 Å². The Bertz CT molecular complexity index is 517. The number of benzene rings is 1. The number of fused-ring (bicyclic) bond motifs is 1. The highest BCUT2D eigenvalue weighted by Gasteiger charge is 1.99. The lowest BCUT2D eigenvalue weighted by Crippen LogP contribution is -2.16. The number of rotatable bonds is 5. The van der Waals surface area contributed by atoms with E-state index >= 15 is 0 Å². The summed E-state index contributed by atoms with van der Waals surface area (Å²) in [5.41, 5.74) is 3.49. The third kappa shape index (κ3) is 3.54. The van der Waals surface area contributed by atoms with Gasteiger partial charge in [-0.1, -0.05) is 26.0 Å². The normalized spacial score (nSPS) is 11.3. The van der Waals surface area contributed by atoms with Crippen molar-refractivity contribution in [3.63, 3.8) is 0 Å². The first kappa shape index (κ1) is 13.0. The van der Waals surface area contributed by atoms with Crippen molar-refractivity contribution in [2.45, 2.75) is 33.7 Å². The molecule has 0 fully saturated rings. The van der Waals surface area contributed by atoms with Crippen LogP contribution < -0.4 is 5.32 Å². The van der Waals surface area contributed by atoms with Crippen LogP contribution in [0.4, 0.5) is 0 Å². The van der Waals surface area contributed by atoms with E-state index < -0.39 is 0 Å². The van der Waals surface area contributed by atoms with Gasteiger partial charge in [-0.25, -0.2) is 0 Å². The predicted octanol–water partition coefficient (Wildman–Crippen LogP) is 3.68. The highest BCUT2D eigenvalue weighted by molar-refractivity contribution is 5.79. The van der Waals surface area contributed by atoms with Crippen LogP contribution in [0.15, 0.2) is 30.3 Å². The van der Waals surface area contributed by atoms with Crippen LogP contribution in [0.1, 0.15) is 31.5 Å². The van der Waals surface area contributed by atoms with Gasteiger partial charge in [-0.05, 0) is 49.6 Å². The van der Waals surface area contributed by atoms with E-state index in [0.717, 1.165) is 30.2 Å². The molecule has 0 saturated carbocycles. The van der Waals surface area contributed by atoms with Gasteiger partial charge in [0.05, 0.1) is 5.52 Å². The summed E-state index contributed by atoms with van der Waals surface area (Å²) in [6.07, 6.45) is 1.23. The summed E-state index contributed by atoms with van der Waals surface area (Å²) in [5, 5.41) is 4.71. The molecular weight excluding hydrogens is 220 g/mol. The zero-order valence-electron chi connectivity index (χ0n) is 11.5. The Kier molecular flexibility index (Phi) is 4.32. The SMILES string of the molecule is Cc1ccc2cc(CNCCC(C)C)ccc2n1. The van der Waals surface area contributed by atoms with Crippen molar-refractivity contribution in [2.24, 2.45) is 5.92 Å². The minimum Gasteiger partial charge on any atom is -0.313 e. The number of nitrogens with one attached hydrogen (secondary N) is 1. The van der Waals surface area contributed by atoms with E-state index in [4.69, 9.17) is 0 Å². The average molecular weight is 242 g/mol. The minimum atomic E-state index is 0.765. The van der Waals surface area contributed by atoms with Gasteiger partial charge in [0.2, 0.25) is 0 Å². The second kappa shape index (κ2) is 5.96. The highest BCUT2D eigenvalue weighted by Crippen LogP contribution is 2.14. The number of nitrogens with zero attached hydrogens (tertiary/aromatic N) is 1. The molecule has 0 aliphatic heterocycles. The summed E-state index contributed by atoms with van der Waals surface area (Å²) in [4.78, 5) is 4.52. The molecule has 0 unspecified atom stereocenters. The second-order valence-electron chi connectivity index (χ2n) is 5.34. The van der Waals surface area contributed by atoms with Gasteiger partial charge >= 0.3 is 0 Å².